The Bertz CT molecular complexity index is 245. The molecule has 1 aliphatic rings. The first kappa shape index (κ1) is 13.4. The summed E-state index contributed by atoms with van der Waals surface area (Å²) in [5.41, 5.74) is 5.74. The summed E-state index contributed by atoms with van der Waals surface area (Å²) in [6.07, 6.45) is 0. The number of ether oxygens (including phenoxy) is 1. The van der Waals surface area contributed by atoms with E-state index < -0.39 is 6.04 Å². The first-order chi connectivity index (χ1) is 7.47. The number of methoxy groups -OCH3 is 1. The van der Waals surface area contributed by atoms with Crippen molar-refractivity contribution in [2.75, 3.05) is 40.9 Å². The van der Waals surface area contributed by atoms with Gasteiger partial charge in [0.15, 0.2) is 0 Å². The van der Waals surface area contributed by atoms with E-state index in [2.05, 4.69) is 11.8 Å². The summed E-state index contributed by atoms with van der Waals surface area (Å²) in [5.74, 6) is 0.492. The van der Waals surface area contributed by atoms with Crippen molar-refractivity contribution in [3.8, 4) is 0 Å². The molecule has 0 bridgehead atoms. The highest BCUT2D eigenvalue weighted by Crippen LogP contribution is 2.20. The third-order valence-electron chi connectivity index (χ3n) is 3.21. The predicted molar refractivity (Wildman–Crippen MR) is 63.1 cm³/mol. The number of rotatable bonds is 4. The predicted octanol–water partition coefficient (Wildman–Crippen LogP) is -0.631. The smallest absolute Gasteiger partial charge is 0.241 e. The van der Waals surface area contributed by atoms with Gasteiger partial charge in [0.25, 0.3) is 0 Å². The molecule has 1 saturated heterocycles. The molecule has 0 aromatic carbocycles. The molecule has 0 saturated carbocycles. The molecule has 16 heavy (non-hydrogen) atoms. The summed E-state index contributed by atoms with van der Waals surface area (Å²) in [6, 6.07) is -0.100. The second-order valence-electron chi connectivity index (χ2n) is 4.81. The minimum atomic E-state index is -0.530. The van der Waals surface area contributed by atoms with Gasteiger partial charge in [-0.1, -0.05) is 6.92 Å². The van der Waals surface area contributed by atoms with Crippen LogP contribution in [-0.2, 0) is 9.53 Å². The van der Waals surface area contributed by atoms with E-state index in [9.17, 15) is 4.79 Å². The van der Waals surface area contributed by atoms with E-state index in [1.807, 2.05) is 19.0 Å². The Hall–Kier alpha value is -0.650. The van der Waals surface area contributed by atoms with Crippen molar-refractivity contribution in [1.29, 1.82) is 0 Å². The Labute approximate surface area is 97.5 Å². The number of amides is 1. The number of nitrogens with two attached hydrogens (primary N) is 1. The van der Waals surface area contributed by atoms with Crippen molar-refractivity contribution in [2.45, 2.75) is 19.0 Å². The average Bonchev–Trinajstić information content (AvgIpc) is 2.59. The third-order valence-corrected chi connectivity index (χ3v) is 3.21. The standard InChI is InChI=1S/C11H23N3O2/c1-8-5-14(6-10(8)13(2)3)11(15)9(12)7-16-4/h8-10H,5-7,12H2,1-4H3. The second kappa shape index (κ2) is 5.61. The molecule has 0 aliphatic carbocycles. The Morgan fingerprint density at radius 1 is 1.56 bits per heavy atom. The van der Waals surface area contributed by atoms with Crippen LogP contribution in [-0.4, -0.2) is 68.7 Å². The van der Waals surface area contributed by atoms with Gasteiger partial charge in [-0.3, -0.25) is 4.79 Å². The highest BCUT2D eigenvalue weighted by molar-refractivity contribution is 5.82. The quantitative estimate of drug-likeness (QED) is 0.697. The lowest BCUT2D eigenvalue weighted by molar-refractivity contribution is -0.132. The van der Waals surface area contributed by atoms with Gasteiger partial charge in [-0.15, -0.1) is 0 Å². The molecule has 5 heteroatoms. The molecule has 1 aliphatic heterocycles. The molecule has 1 heterocycles. The fourth-order valence-electron chi connectivity index (χ4n) is 2.29. The van der Waals surface area contributed by atoms with Crippen LogP contribution in [0.4, 0.5) is 0 Å². The fourth-order valence-corrected chi connectivity index (χ4v) is 2.29. The molecule has 0 spiro atoms. The fraction of sp³-hybridized carbons (Fsp3) is 0.909. The van der Waals surface area contributed by atoms with E-state index in [0.29, 0.717) is 12.0 Å². The molecule has 94 valence electrons. The van der Waals surface area contributed by atoms with E-state index in [4.69, 9.17) is 10.5 Å². The lowest BCUT2D eigenvalue weighted by Crippen LogP contribution is -2.46. The van der Waals surface area contributed by atoms with Crippen LogP contribution in [0, 0.1) is 5.92 Å². The van der Waals surface area contributed by atoms with E-state index >= 15 is 0 Å². The van der Waals surface area contributed by atoms with Crippen LogP contribution < -0.4 is 5.73 Å². The van der Waals surface area contributed by atoms with Crippen molar-refractivity contribution in [3.63, 3.8) is 0 Å². The van der Waals surface area contributed by atoms with Gasteiger partial charge < -0.3 is 20.3 Å². The number of carbonyl (C=O) groups excluding carboxylic acids is 1. The number of carbonyl (C=O) groups is 1. The van der Waals surface area contributed by atoms with Gasteiger partial charge in [0.1, 0.15) is 6.04 Å². The van der Waals surface area contributed by atoms with Gasteiger partial charge in [0, 0.05) is 26.2 Å². The summed E-state index contributed by atoms with van der Waals surface area (Å²) in [7, 11) is 5.65. The molecule has 2 N–H and O–H groups in total. The Balaban J connectivity index is 2.54. The number of hydrogen-bond donors (Lipinski definition) is 1. The van der Waals surface area contributed by atoms with Gasteiger partial charge in [-0.2, -0.15) is 0 Å². The molecular formula is C11H23N3O2. The number of likely N-dealkylation sites (N-methyl/N-ethyl adjacent to an activating group) is 1. The molecule has 5 nitrogen and oxygen atoms in total. The van der Waals surface area contributed by atoms with E-state index in [-0.39, 0.29) is 12.5 Å². The first-order valence-corrected chi connectivity index (χ1v) is 5.67. The van der Waals surface area contributed by atoms with Crippen LogP contribution in [0.1, 0.15) is 6.92 Å². The Kier molecular flexibility index (Phi) is 4.70. The SMILES string of the molecule is COCC(N)C(=O)N1CC(C)C(N(C)C)C1. The summed E-state index contributed by atoms with van der Waals surface area (Å²) in [4.78, 5) is 16.0. The molecule has 3 atom stereocenters. The van der Waals surface area contributed by atoms with Crippen molar-refractivity contribution in [2.24, 2.45) is 11.7 Å². The Morgan fingerprint density at radius 3 is 2.62 bits per heavy atom. The largest absolute Gasteiger partial charge is 0.383 e. The summed E-state index contributed by atoms with van der Waals surface area (Å²) in [5, 5.41) is 0. The zero-order valence-electron chi connectivity index (χ0n) is 10.6. The first-order valence-electron chi connectivity index (χ1n) is 5.67. The number of hydrogen-bond acceptors (Lipinski definition) is 4. The zero-order valence-corrected chi connectivity index (χ0v) is 10.6. The lowest BCUT2D eigenvalue weighted by atomic mass is 10.1. The van der Waals surface area contributed by atoms with Crippen molar-refractivity contribution >= 4 is 5.91 Å². The lowest BCUT2D eigenvalue weighted by Gasteiger charge is -2.23. The second-order valence-corrected chi connectivity index (χ2v) is 4.81. The zero-order chi connectivity index (χ0) is 12.3. The summed E-state index contributed by atoms with van der Waals surface area (Å²) in [6.45, 7) is 4.01. The molecule has 1 fully saturated rings. The van der Waals surface area contributed by atoms with Crippen molar-refractivity contribution < 1.29 is 9.53 Å². The number of likely N-dealkylation sites (tertiary alicyclic amines) is 1. The van der Waals surface area contributed by atoms with Gasteiger partial charge in [-0.05, 0) is 20.0 Å². The van der Waals surface area contributed by atoms with Crippen molar-refractivity contribution in [3.05, 3.63) is 0 Å². The molecule has 1 rings (SSSR count). The Morgan fingerprint density at radius 2 is 2.19 bits per heavy atom. The van der Waals surface area contributed by atoms with Crippen LogP contribution in [0.5, 0.6) is 0 Å². The van der Waals surface area contributed by atoms with Crippen LogP contribution in [0.3, 0.4) is 0 Å². The summed E-state index contributed by atoms with van der Waals surface area (Å²) >= 11 is 0. The molecule has 0 aromatic heterocycles. The molecular weight excluding hydrogens is 206 g/mol. The minimum Gasteiger partial charge on any atom is -0.383 e. The van der Waals surface area contributed by atoms with Crippen LogP contribution in [0.15, 0.2) is 0 Å². The highest BCUT2D eigenvalue weighted by Gasteiger charge is 2.35. The van der Waals surface area contributed by atoms with Gasteiger partial charge in [0.2, 0.25) is 5.91 Å². The third kappa shape index (κ3) is 2.93. The topological polar surface area (TPSA) is 58.8 Å². The van der Waals surface area contributed by atoms with Crippen molar-refractivity contribution in [1.82, 2.24) is 9.80 Å². The summed E-state index contributed by atoms with van der Waals surface area (Å²) < 4.78 is 4.90. The van der Waals surface area contributed by atoms with Gasteiger partial charge in [-0.25, -0.2) is 0 Å². The van der Waals surface area contributed by atoms with Crippen LogP contribution in [0.25, 0.3) is 0 Å². The van der Waals surface area contributed by atoms with Crippen LogP contribution >= 0.6 is 0 Å². The van der Waals surface area contributed by atoms with E-state index in [0.717, 1.165) is 13.1 Å². The molecule has 0 radical (unpaired) electrons. The van der Waals surface area contributed by atoms with Gasteiger partial charge in [0.05, 0.1) is 6.61 Å². The maximum atomic E-state index is 12.0. The molecule has 1 amide bonds. The number of nitrogens with zero attached hydrogens (tertiary/aromatic N) is 2. The van der Waals surface area contributed by atoms with Crippen LogP contribution in [0.2, 0.25) is 0 Å². The van der Waals surface area contributed by atoms with Gasteiger partial charge >= 0.3 is 0 Å². The minimum absolute atomic E-state index is 0.00181. The highest BCUT2D eigenvalue weighted by atomic mass is 16.5. The maximum absolute atomic E-state index is 12.0. The molecule has 0 aromatic rings. The average molecular weight is 229 g/mol. The maximum Gasteiger partial charge on any atom is 0.241 e. The van der Waals surface area contributed by atoms with E-state index in [1.165, 1.54) is 0 Å². The monoisotopic (exact) mass is 229 g/mol. The normalized spacial score (nSPS) is 27.5. The van der Waals surface area contributed by atoms with E-state index in [1.54, 1.807) is 7.11 Å². The molecule has 3 unspecified atom stereocenters.